The van der Waals surface area contributed by atoms with E-state index in [0.717, 1.165) is 12.1 Å². The summed E-state index contributed by atoms with van der Waals surface area (Å²) in [5.41, 5.74) is -4.76. The van der Waals surface area contributed by atoms with Crippen molar-refractivity contribution < 1.29 is 41.6 Å². The number of aryl methyl sites for hydroxylation is 1. The number of fused-ring (bicyclic) bond motifs is 1. The van der Waals surface area contributed by atoms with Crippen LogP contribution in [0.4, 0.5) is 24.5 Å². The molecule has 0 unspecified atom stereocenters. The van der Waals surface area contributed by atoms with Crippen molar-refractivity contribution in [2.24, 2.45) is 0 Å². The molecule has 1 aromatic heterocycles. The fourth-order valence-electron chi connectivity index (χ4n) is 3.59. The summed E-state index contributed by atoms with van der Waals surface area (Å²) < 4.78 is 61.5. The SMILES string of the molecule is CCOc1ccc(Oc2c(C)oc3cc(Oc4c([N+](=O)[O-])cc(C(F)(F)F)cc4[N+](=O)[O-])ccc3c2=O)cc1. The maximum absolute atomic E-state index is 13.2. The number of nitro groups is 2. The second-order valence-corrected chi connectivity index (χ2v) is 7.94. The molecule has 0 aliphatic carbocycles. The Hall–Kier alpha value is -5.14. The summed E-state index contributed by atoms with van der Waals surface area (Å²) in [6.45, 7) is 3.75. The maximum Gasteiger partial charge on any atom is 0.416 e. The summed E-state index contributed by atoms with van der Waals surface area (Å²) in [6, 6.07) is 10.3. The van der Waals surface area contributed by atoms with Gasteiger partial charge in [-0.1, -0.05) is 0 Å². The van der Waals surface area contributed by atoms with Gasteiger partial charge < -0.3 is 18.6 Å². The third kappa shape index (κ3) is 5.58. The first-order valence-electron chi connectivity index (χ1n) is 11.1. The molecule has 0 N–H and O–H groups in total. The molecule has 0 spiro atoms. The molecular weight excluding hydrogens is 529 g/mol. The zero-order valence-electron chi connectivity index (χ0n) is 20.1. The third-order valence-corrected chi connectivity index (χ3v) is 5.33. The Balaban J connectivity index is 1.73. The van der Waals surface area contributed by atoms with Crippen molar-refractivity contribution in [2.75, 3.05) is 6.61 Å². The van der Waals surface area contributed by atoms with Crippen LogP contribution in [-0.2, 0) is 6.18 Å². The lowest BCUT2D eigenvalue weighted by Gasteiger charge is -2.12. The summed E-state index contributed by atoms with van der Waals surface area (Å²) in [6.07, 6.45) is -5.08. The normalized spacial score (nSPS) is 11.3. The van der Waals surface area contributed by atoms with Crippen LogP contribution in [-0.4, -0.2) is 16.5 Å². The van der Waals surface area contributed by atoms with E-state index in [4.69, 9.17) is 18.6 Å². The van der Waals surface area contributed by atoms with Crippen LogP contribution >= 0.6 is 0 Å². The Kier molecular flexibility index (Phi) is 7.12. The van der Waals surface area contributed by atoms with Crippen molar-refractivity contribution >= 4 is 22.3 Å². The van der Waals surface area contributed by atoms with Gasteiger partial charge >= 0.3 is 17.6 Å². The van der Waals surface area contributed by atoms with Crippen LogP contribution < -0.4 is 19.6 Å². The number of alkyl halides is 3. The van der Waals surface area contributed by atoms with Gasteiger partial charge in [-0.25, -0.2) is 0 Å². The third-order valence-electron chi connectivity index (χ3n) is 5.33. The minimum Gasteiger partial charge on any atom is -0.494 e. The number of hydrogen-bond acceptors (Lipinski definition) is 9. The molecule has 0 fully saturated rings. The smallest absolute Gasteiger partial charge is 0.416 e. The molecule has 4 rings (SSSR count). The lowest BCUT2D eigenvalue weighted by molar-refractivity contribution is -0.396. The summed E-state index contributed by atoms with van der Waals surface area (Å²) in [4.78, 5) is 33.5. The number of nitrogens with zero attached hydrogens (tertiary/aromatic N) is 2. The number of ether oxygens (including phenoxy) is 3. The monoisotopic (exact) mass is 546 g/mol. The van der Waals surface area contributed by atoms with Gasteiger partial charge in [-0.2, -0.15) is 13.2 Å². The molecule has 202 valence electrons. The van der Waals surface area contributed by atoms with Crippen molar-refractivity contribution in [2.45, 2.75) is 20.0 Å². The summed E-state index contributed by atoms with van der Waals surface area (Å²) in [5, 5.41) is 22.9. The fourth-order valence-corrected chi connectivity index (χ4v) is 3.59. The zero-order chi connectivity index (χ0) is 28.5. The van der Waals surface area contributed by atoms with E-state index in [1.807, 2.05) is 6.92 Å². The van der Waals surface area contributed by atoms with E-state index in [1.54, 1.807) is 24.3 Å². The lowest BCUT2D eigenvalue weighted by Crippen LogP contribution is -2.09. The van der Waals surface area contributed by atoms with Crippen LogP contribution in [0, 0.1) is 27.2 Å². The number of rotatable bonds is 8. The lowest BCUT2D eigenvalue weighted by atomic mass is 10.1. The minimum absolute atomic E-state index is 0.0188. The van der Waals surface area contributed by atoms with E-state index in [2.05, 4.69) is 0 Å². The molecule has 14 heteroatoms. The van der Waals surface area contributed by atoms with Crippen LogP contribution in [0.3, 0.4) is 0 Å². The zero-order valence-corrected chi connectivity index (χ0v) is 20.1. The van der Waals surface area contributed by atoms with Gasteiger partial charge in [-0.3, -0.25) is 25.0 Å². The molecule has 3 aromatic carbocycles. The predicted molar refractivity (Wildman–Crippen MR) is 130 cm³/mol. The van der Waals surface area contributed by atoms with Gasteiger partial charge in [0.15, 0.2) is 0 Å². The number of hydrogen-bond donors (Lipinski definition) is 0. The first-order chi connectivity index (χ1) is 18.4. The maximum atomic E-state index is 13.2. The molecule has 0 amide bonds. The highest BCUT2D eigenvalue weighted by atomic mass is 19.4. The van der Waals surface area contributed by atoms with Gasteiger partial charge in [0.05, 0.1) is 27.4 Å². The van der Waals surface area contributed by atoms with Crippen LogP contribution in [0.25, 0.3) is 11.0 Å². The fraction of sp³-hybridized carbons (Fsp3) is 0.160. The highest BCUT2D eigenvalue weighted by Gasteiger charge is 2.38. The van der Waals surface area contributed by atoms with Gasteiger partial charge in [0, 0.05) is 18.2 Å². The first-order valence-corrected chi connectivity index (χ1v) is 11.1. The van der Waals surface area contributed by atoms with Gasteiger partial charge in [0.1, 0.15) is 28.6 Å². The van der Waals surface area contributed by atoms with Gasteiger partial charge in [0.25, 0.3) is 5.75 Å². The Morgan fingerprint density at radius 2 is 1.38 bits per heavy atom. The average Bonchev–Trinajstić information content (AvgIpc) is 2.86. The molecule has 11 nitrogen and oxygen atoms in total. The van der Waals surface area contributed by atoms with Crippen molar-refractivity contribution in [3.05, 3.63) is 96.4 Å². The molecule has 0 aliphatic rings. The quantitative estimate of drug-likeness (QED) is 0.170. The average molecular weight is 546 g/mol. The van der Waals surface area contributed by atoms with E-state index in [-0.39, 0.29) is 40.4 Å². The Labute approximate surface area is 216 Å². The van der Waals surface area contributed by atoms with Crippen molar-refractivity contribution in [3.8, 4) is 28.7 Å². The Morgan fingerprint density at radius 3 is 1.92 bits per heavy atom. The van der Waals surface area contributed by atoms with Gasteiger partial charge in [-0.15, -0.1) is 0 Å². The molecule has 39 heavy (non-hydrogen) atoms. The van der Waals surface area contributed by atoms with Gasteiger partial charge in [-0.05, 0) is 50.2 Å². The molecule has 4 aromatic rings. The second kappa shape index (κ2) is 10.3. The number of nitro benzene ring substituents is 2. The van der Waals surface area contributed by atoms with E-state index < -0.39 is 44.1 Å². The molecule has 0 aliphatic heterocycles. The van der Waals surface area contributed by atoms with Gasteiger partial charge in [0.2, 0.25) is 11.2 Å². The highest BCUT2D eigenvalue weighted by Crippen LogP contribution is 2.44. The molecule has 0 saturated carbocycles. The van der Waals surface area contributed by atoms with E-state index >= 15 is 0 Å². The molecular formula is C25H17F3N2O9. The minimum atomic E-state index is -5.08. The molecule has 0 atom stereocenters. The largest absolute Gasteiger partial charge is 0.494 e. The second-order valence-electron chi connectivity index (χ2n) is 7.94. The van der Waals surface area contributed by atoms with Crippen molar-refractivity contribution in [3.63, 3.8) is 0 Å². The van der Waals surface area contributed by atoms with Crippen LogP contribution in [0.15, 0.2) is 63.8 Å². The summed E-state index contributed by atoms with van der Waals surface area (Å²) in [7, 11) is 0. The highest BCUT2D eigenvalue weighted by molar-refractivity contribution is 5.80. The van der Waals surface area contributed by atoms with E-state index in [0.29, 0.717) is 18.1 Å². The number of benzene rings is 3. The topological polar surface area (TPSA) is 144 Å². The van der Waals surface area contributed by atoms with Crippen LogP contribution in [0.2, 0.25) is 0 Å². The summed E-state index contributed by atoms with van der Waals surface area (Å²) >= 11 is 0. The van der Waals surface area contributed by atoms with E-state index in [9.17, 15) is 38.2 Å². The van der Waals surface area contributed by atoms with Crippen LogP contribution in [0.5, 0.6) is 28.7 Å². The standard InChI is InChI=1S/C25H17F3N2O9/c1-3-36-15-4-6-16(7-5-15)38-23-13(2)37-21-12-17(8-9-18(21)22(23)31)39-24-19(29(32)33)10-14(25(26,27)28)11-20(24)30(34)35/h4-12H,3H2,1-2H3. The Bertz CT molecular complexity index is 1610. The summed E-state index contributed by atoms with van der Waals surface area (Å²) in [5.74, 6) is -0.411. The Morgan fingerprint density at radius 1 is 0.846 bits per heavy atom. The van der Waals surface area contributed by atoms with E-state index in [1.165, 1.54) is 13.0 Å². The molecule has 0 radical (unpaired) electrons. The first kappa shape index (κ1) is 26.9. The predicted octanol–water partition coefficient (Wildman–Crippen LogP) is 6.92. The number of halogens is 3. The van der Waals surface area contributed by atoms with Crippen molar-refractivity contribution in [1.29, 1.82) is 0 Å². The van der Waals surface area contributed by atoms with Crippen LogP contribution in [0.1, 0.15) is 18.2 Å². The van der Waals surface area contributed by atoms with Crippen molar-refractivity contribution in [1.82, 2.24) is 0 Å². The molecule has 0 saturated heterocycles. The molecule has 1 heterocycles. The molecule has 0 bridgehead atoms.